The first-order valence-corrected chi connectivity index (χ1v) is 11.3. The van der Waals surface area contributed by atoms with E-state index >= 15 is 0 Å². The maximum atomic E-state index is 12.7. The fraction of sp³-hybridized carbons (Fsp3) is 0.217. The number of imide groups is 1. The lowest BCUT2D eigenvalue weighted by molar-refractivity contribution is -0.150. The van der Waals surface area contributed by atoms with E-state index in [2.05, 4.69) is 22.0 Å². The van der Waals surface area contributed by atoms with Crippen molar-refractivity contribution in [3.63, 3.8) is 0 Å². The Labute approximate surface area is 198 Å². The van der Waals surface area contributed by atoms with Crippen LogP contribution in [0.2, 0.25) is 0 Å². The summed E-state index contributed by atoms with van der Waals surface area (Å²) in [6.45, 7) is 3.52. The highest BCUT2D eigenvalue weighted by molar-refractivity contribution is 9.10. The fourth-order valence-electron chi connectivity index (χ4n) is 2.97. The summed E-state index contributed by atoms with van der Waals surface area (Å²) < 4.78 is 11.4. The summed E-state index contributed by atoms with van der Waals surface area (Å²) in [6, 6.07) is 13.6. The molecule has 1 aliphatic heterocycles. The number of ether oxygens (including phenoxy) is 2. The third kappa shape index (κ3) is 5.21. The Kier molecular flexibility index (Phi) is 7.72. The molecule has 0 radical (unpaired) electrons. The summed E-state index contributed by atoms with van der Waals surface area (Å²) in [5.74, 6) is -0.595. The van der Waals surface area contributed by atoms with Crippen LogP contribution in [0, 0.1) is 11.3 Å². The zero-order chi connectivity index (χ0) is 23.3. The Morgan fingerprint density at radius 2 is 2.03 bits per heavy atom. The van der Waals surface area contributed by atoms with Gasteiger partial charge in [-0.15, -0.1) is 0 Å². The second-order valence-corrected chi connectivity index (χ2v) is 8.57. The van der Waals surface area contributed by atoms with Gasteiger partial charge in [0.2, 0.25) is 0 Å². The monoisotopic (exact) mass is 514 g/mol. The zero-order valence-electron chi connectivity index (χ0n) is 17.3. The first-order valence-electron chi connectivity index (χ1n) is 9.69. The molecular formula is C23H19BrN2O5S. The minimum Gasteiger partial charge on any atom is -0.488 e. The highest BCUT2D eigenvalue weighted by atomic mass is 79.9. The van der Waals surface area contributed by atoms with Gasteiger partial charge in [0.15, 0.2) is 0 Å². The summed E-state index contributed by atoms with van der Waals surface area (Å²) in [7, 11) is 0. The maximum absolute atomic E-state index is 12.7. The molecule has 0 unspecified atom stereocenters. The van der Waals surface area contributed by atoms with E-state index in [1.165, 1.54) is 6.92 Å². The van der Waals surface area contributed by atoms with E-state index in [-0.39, 0.29) is 18.1 Å². The summed E-state index contributed by atoms with van der Waals surface area (Å²) in [5, 5.41) is 8.67. The van der Waals surface area contributed by atoms with Gasteiger partial charge in [-0.2, -0.15) is 5.26 Å². The highest BCUT2D eigenvalue weighted by Crippen LogP contribution is 2.35. The number of hydrogen-bond donors (Lipinski definition) is 0. The lowest BCUT2D eigenvalue weighted by Gasteiger charge is -2.19. The first kappa shape index (κ1) is 23.6. The lowest BCUT2D eigenvalue weighted by atomic mass is 10.1. The van der Waals surface area contributed by atoms with E-state index in [0.29, 0.717) is 21.3 Å². The van der Waals surface area contributed by atoms with Crippen molar-refractivity contribution < 1.29 is 23.9 Å². The predicted octanol–water partition coefficient (Wildman–Crippen LogP) is 4.89. The molecule has 1 heterocycles. The number of benzene rings is 2. The average molecular weight is 515 g/mol. The molecule has 1 saturated heterocycles. The molecule has 0 bridgehead atoms. The Hall–Kier alpha value is -3.09. The molecule has 0 spiro atoms. The van der Waals surface area contributed by atoms with Crippen molar-refractivity contribution in [2.24, 2.45) is 0 Å². The van der Waals surface area contributed by atoms with Crippen molar-refractivity contribution in [2.75, 3.05) is 6.61 Å². The third-order valence-electron chi connectivity index (χ3n) is 4.61. The van der Waals surface area contributed by atoms with E-state index in [1.54, 1.807) is 43.3 Å². The van der Waals surface area contributed by atoms with Crippen LogP contribution < -0.4 is 4.74 Å². The van der Waals surface area contributed by atoms with Crippen molar-refractivity contribution in [3.05, 3.63) is 68.5 Å². The second kappa shape index (κ2) is 10.5. The van der Waals surface area contributed by atoms with E-state index in [9.17, 15) is 19.6 Å². The van der Waals surface area contributed by atoms with Gasteiger partial charge in [-0.05, 0) is 71.4 Å². The predicted molar refractivity (Wildman–Crippen MR) is 124 cm³/mol. The Balaban J connectivity index is 1.73. The van der Waals surface area contributed by atoms with Crippen LogP contribution in [0.4, 0.5) is 4.79 Å². The molecule has 1 fully saturated rings. The molecular weight excluding hydrogens is 496 g/mol. The van der Waals surface area contributed by atoms with E-state index in [0.717, 1.165) is 22.2 Å². The number of halogens is 1. The molecule has 2 amide bonds. The van der Waals surface area contributed by atoms with Crippen LogP contribution in [0.5, 0.6) is 5.75 Å². The van der Waals surface area contributed by atoms with Crippen molar-refractivity contribution in [1.82, 2.24) is 4.90 Å². The zero-order valence-corrected chi connectivity index (χ0v) is 19.7. The fourth-order valence-corrected chi connectivity index (χ4v) is 4.39. The van der Waals surface area contributed by atoms with Gasteiger partial charge >= 0.3 is 5.97 Å². The molecule has 164 valence electrons. The molecule has 1 aliphatic rings. The minimum absolute atomic E-state index is 0.166. The summed E-state index contributed by atoms with van der Waals surface area (Å²) in [4.78, 5) is 38.0. The van der Waals surface area contributed by atoms with Crippen LogP contribution >= 0.6 is 27.7 Å². The Morgan fingerprint density at radius 3 is 2.72 bits per heavy atom. The SMILES string of the molecule is CCOC(=O)[C@H](C)N1C(=O)S/C(=C\c2ccc(OCc3ccccc3C#N)c(Br)c2)C1=O. The molecule has 0 aliphatic carbocycles. The molecule has 9 heteroatoms. The largest absolute Gasteiger partial charge is 0.488 e. The number of thioether (sulfide) groups is 1. The number of carbonyl (C=O) groups excluding carboxylic acids is 3. The van der Waals surface area contributed by atoms with Crippen LogP contribution in [0.25, 0.3) is 6.08 Å². The van der Waals surface area contributed by atoms with Gasteiger partial charge in [0.25, 0.3) is 11.1 Å². The van der Waals surface area contributed by atoms with Crippen molar-refractivity contribution in [3.8, 4) is 11.8 Å². The number of esters is 1. The smallest absolute Gasteiger partial charge is 0.329 e. The van der Waals surface area contributed by atoms with Gasteiger partial charge in [-0.3, -0.25) is 14.5 Å². The summed E-state index contributed by atoms with van der Waals surface area (Å²) in [6.07, 6.45) is 1.59. The molecule has 0 saturated carbocycles. The van der Waals surface area contributed by atoms with Gasteiger partial charge in [0, 0.05) is 5.56 Å². The maximum Gasteiger partial charge on any atom is 0.329 e. The quantitative estimate of drug-likeness (QED) is 0.383. The molecule has 0 N–H and O–H groups in total. The number of carbonyl (C=O) groups is 3. The van der Waals surface area contributed by atoms with Crippen LogP contribution in [0.1, 0.15) is 30.5 Å². The van der Waals surface area contributed by atoms with Gasteiger partial charge < -0.3 is 9.47 Å². The average Bonchev–Trinajstić information content (AvgIpc) is 3.05. The topological polar surface area (TPSA) is 96.7 Å². The Bertz CT molecular complexity index is 1140. The standard InChI is InChI=1S/C23H19BrN2O5S/c1-3-30-22(28)14(2)26-21(27)20(32-23(26)29)11-15-8-9-19(18(24)10-15)31-13-17-7-5-4-6-16(17)12-25/h4-11,14H,3,13H2,1-2H3/b20-11-/t14-/m0/s1. The Morgan fingerprint density at radius 1 is 1.28 bits per heavy atom. The molecule has 7 nitrogen and oxygen atoms in total. The van der Waals surface area contributed by atoms with Gasteiger partial charge in [0.1, 0.15) is 18.4 Å². The van der Waals surface area contributed by atoms with Crippen LogP contribution in [0.15, 0.2) is 51.8 Å². The number of amides is 2. The van der Waals surface area contributed by atoms with Gasteiger partial charge in [-0.1, -0.05) is 24.3 Å². The number of hydrogen-bond acceptors (Lipinski definition) is 7. The van der Waals surface area contributed by atoms with Crippen molar-refractivity contribution in [2.45, 2.75) is 26.5 Å². The van der Waals surface area contributed by atoms with Gasteiger partial charge in [-0.25, -0.2) is 4.79 Å². The van der Waals surface area contributed by atoms with Gasteiger partial charge in [0.05, 0.1) is 27.6 Å². The minimum atomic E-state index is -0.993. The summed E-state index contributed by atoms with van der Waals surface area (Å²) >= 11 is 4.23. The van der Waals surface area contributed by atoms with E-state index in [1.807, 2.05) is 12.1 Å². The molecule has 0 aromatic heterocycles. The van der Waals surface area contributed by atoms with Crippen LogP contribution in [-0.4, -0.2) is 34.7 Å². The lowest BCUT2D eigenvalue weighted by Crippen LogP contribution is -2.42. The molecule has 1 atom stereocenters. The van der Waals surface area contributed by atoms with Crippen molar-refractivity contribution in [1.29, 1.82) is 5.26 Å². The molecule has 3 rings (SSSR count). The van der Waals surface area contributed by atoms with E-state index < -0.39 is 23.2 Å². The molecule has 2 aromatic rings. The summed E-state index contributed by atoms with van der Waals surface area (Å²) in [5.41, 5.74) is 2.00. The first-order chi connectivity index (χ1) is 15.3. The molecule has 32 heavy (non-hydrogen) atoms. The van der Waals surface area contributed by atoms with E-state index in [4.69, 9.17) is 9.47 Å². The van der Waals surface area contributed by atoms with Crippen molar-refractivity contribution >= 4 is 50.9 Å². The second-order valence-electron chi connectivity index (χ2n) is 6.73. The number of nitrogens with zero attached hydrogens (tertiary/aromatic N) is 2. The third-order valence-corrected chi connectivity index (χ3v) is 6.12. The van der Waals surface area contributed by atoms with Crippen LogP contribution in [0.3, 0.4) is 0 Å². The van der Waals surface area contributed by atoms with Crippen LogP contribution in [-0.2, 0) is 20.9 Å². The molecule has 2 aromatic carbocycles. The normalized spacial score (nSPS) is 15.6. The number of rotatable bonds is 7. The number of nitriles is 1. The highest BCUT2D eigenvalue weighted by Gasteiger charge is 2.41.